The number of nitrogen functional groups attached to an aromatic ring is 1. The average Bonchev–Trinajstić information content (AvgIpc) is 2.30. The van der Waals surface area contributed by atoms with Crippen molar-refractivity contribution in [2.75, 3.05) is 18.6 Å². The van der Waals surface area contributed by atoms with E-state index in [-0.39, 0.29) is 23.0 Å². The lowest BCUT2D eigenvalue weighted by Gasteiger charge is -2.26. The van der Waals surface area contributed by atoms with Crippen LogP contribution in [-0.4, -0.2) is 30.6 Å². The molecule has 0 bridgehead atoms. The summed E-state index contributed by atoms with van der Waals surface area (Å²) in [7, 11) is 1.69. The first kappa shape index (κ1) is 13.9. The molecule has 0 aromatic heterocycles. The van der Waals surface area contributed by atoms with Crippen molar-refractivity contribution in [3.63, 3.8) is 0 Å². The lowest BCUT2D eigenvalue weighted by molar-refractivity contribution is 0.269. The maximum atomic E-state index is 14.0. The first-order valence-corrected chi connectivity index (χ1v) is 5.85. The van der Waals surface area contributed by atoms with Gasteiger partial charge in [-0.3, -0.25) is 5.41 Å². The maximum absolute atomic E-state index is 14.0. The summed E-state index contributed by atoms with van der Waals surface area (Å²) in [4.78, 5) is 1.63. The molecule has 17 heavy (non-hydrogen) atoms. The highest BCUT2D eigenvalue weighted by Crippen LogP contribution is 2.29. The number of likely N-dealkylation sites (N-methyl/N-ethyl adjacent to an activating group) is 1. The number of rotatable bonds is 4. The minimum atomic E-state index is -0.486. The van der Waals surface area contributed by atoms with Gasteiger partial charge < -0.3 is 15.7 Å². The van der Waals surface area contributed by atoms with Crippen LogP contribution in [0.1, 0.15) is 12.5 Å². The molecule has 0 fully saturated rings. The Labute approximate surface area is 108 Å². The first-order valence-electron chi connectivity index (χ1n) is 5.06. The van der Waals surface area contributed by atoms with E-state index in [9.17, 15) is 4.39 Å². The fourth-order valence-electron chi connectivity index (χ4n) is 1.38. The van der Waals surface area contributed by atoms with Gasteiger partial charge in [-0.05, 0) is 35.0 Å². The minimum Gasteiger partial charge on any atom is -0.394 e. The van der Waals surface area contributed by atoms with Gasteiger partial charge in [0.1, 0.15) is 5.84 Å². The Balaban J connectivity index is 3.21. The van der Waals surface area contributed by atoms with Crippen LogP contribution in [-0.2, 0) is 0 Å². The quantitative estimate of drug-likeness (QED) is 0.585. The largest absolute Gasteiger partial charge is 0.394 e. The minimum absolute atomic E-state index is 0.0674. The molecule has 0 aliphatic heterocycles. The average molecular weight is 304 g/mol. The first-order chi connectivity index (χ1) is 7.90. The molecule has 1 unspecified atom stereocenters. The van der Waals surface area contributed by atoms with E-state index < -0.39 is 5.82 Å². The molecule has 0 radical (unpaired) electrons. The highest BCUT2D eigenvalue weighted by molar-refractivity contribution is 9.10. The molecule has 1 atom stereocenters. The maximum Gasteiger partial charge on any atom is 0.161 e. The van der Waals surface area contributed by atoms with Gasteiger partial charge in [-0.2, -0.15) is 0 Å². The van der Waals surface area contributed by atoms with E-state index in [0.29, 0.717) is 11.3 Å². The van der Waals surface area contributed by atoms with Gasteiger partial charge in [0.2, 0.25) is 0 Å². The van der Waals surface area contributed by atoms with Crippen LogP contribution >= 0.6 is 15.9 Å². The Bertz CT molecular complexity index is 439. The van der Waals surface area contributed by atoms with E-state index >= 15 is 0 Å². The number of nitrogens with zero attached hydrogens (tertiary/aromatic N) is 1. The molecule has 94 valence electrons. The van der Waals surface area contributed by atoms with Crippen LogP contribution in [0.15, 0.2) is 16.6 Å². The van der Waals surface area contributed by atoms with Gasteiger partial charge in [-0.25, -0.2) is 4.39 Å². The predicted molar refractivity (Wildman–Crippen MR) is 70.1 cm³/mol. The summed E-state index contributed by atoms with van der Waals surface area (Å²) in [6.07, 6.45) is 0. The number of aliphatic hydroxyl groups is 1. The SMILES string of the molecule is CC(CO)N(C)c1ccc(C(=N)N)c(Br)c1F. The summed E-state index contributed by atoms with van der Waals surface area (Å²) >= 11 is 3.09. The van der Waals surface area contributed by atoms with Crippen LogP contribution in [0.4, 0.5) is 10.1 Å². The fraction of sp³-hybridized carbons (Fsp3) is 0.364. The molecule has 0 saturated heterocycles. The summed E-state index contributed by atoms with van der Waals surface area (Å²) in [5.74, 6) is -0.680. The van der Waals surface area contributed by atoms with Crippen LogP contribution in [0.5, 0.6) is 0 Å². The number of anilines is 1. The van der Waals surface area contributed by atoms with Crippen LogP contribution in [0.25, 0.3) is 0 Å². The molecule has 0 aliphatic rings. The number of nitrogens with two attached hydrogens (primary N) is 1. The third-order valence-electron chi connectivity index (χ3n) is 2.66. The van der Waals surface area contributed by atoms with E-state index in [4.69, 9.17) is 16.2 Å². The second-order valence-corrected chi connectivity index (χ2v) is 4.61. The third kappa shape index (κ3) is 2.76. The number of hydrogen-bond donors (Lipinski definition) is 3. The monoisotopic (exact) mass is 303 g/mol. The molecule has 0 aliphatic carbocycles. The molecule has 1 aromatic carbocycles. The lowest BCUT2D eigenvalue weighted by atomic mass is 10.1. The van der Waals surface area contributed by atoms with Crippen molar-refractivity contribution >= 4 is 27.5 Å². The molecule has 4 nitrogen and oxygen atoms in total. The van der Waals surface area contributed by atoms with Crippen molar-refractivity contribution in [2.45, 2.75) is 13.0 Å². The number of amidine groups is 1. The van der Waals surface area contributed by atoms with E-state index in [2.05, 4.69) is 15.9 Å². The number of hydrogen-bond acceptors (Lipinski definition) is 3. The standard InChI is InChI=1S/C11H15BrFN3O/c1-6(5-17)16(2)8-4-3-7(11(14)15)9(12)10(8)13/h3-4,6,17H,5H2,1-2H3,(H3,14,15). The van der Waals surface area contributed by atoms with Crippen molar-refractivity contribution < 1.29 is 9.50 Å². The molecule has 1 aromatic rings. The summed E-state index contributed by atoms with van der Waals surface area (Å²) in [5.41, 5.74) is 6.00. The molecule has 0 heterocycles. The van der Waals surface area contributed by atoms with Gasteiger partial charge in [0.15, 0.2) is 5.82 Å². The number of halogens is 2. The van der Waals surface area contributed by atoms with Gasteiger partial charge in [-0.1, -0.05) is 0 Å². The predicted octanol–water partition coefficient (Wildman–Crippen LogP) is 1.69. The molecule has 1 rings (SSSR count). The van der Waals surface area contributed by atoms with E-state index in [1.54, 1.807) is 31.0 Å². The molecule has 6 heteroatoms. The zero-order valence-corrected chi connectivity index (χ0v) is 11.3. The van der Waals surface area contributed by atoms with Gasteiger partial charge in [-0.15, -0.1) is 0 Å². The number of benzene rings is 1. The molecular formula is C11H15BrFN3O. The Morgan fingerprint density at radius 2 is 2.24 bits per heavy atom. The Kier molecular flexibility index (Phi) is 4.47. The van der Waals surface area contributed by atoms with Crippen LogP contribution in [0.2, 0.25) is 0 Å². The topological polar surface area (TPSA) is 73.3 Å². The summed E-state index contributed by atoms with van der Waals surface area (Å²) in [6.45, 7) is 1.72. The zero-order valence-electron chi connectivity index (χ0n) is 9.67. The van der Waals surface area contributed by atoms with Crippen LogP contribution in [0.3, 0.4) is 0 Å². The van der Waals surface area contributed by atoms with Crippen molar-refractivity contribution in [3.05, 3.63) is 28.0 Å². The van der Waals surface area contributed by atoms with E-state index in [1.807, 2.05) is 0 Å². The van der Waals surface area contributed by atoms with E-state index in [1.165, 1.54) is 0 Å². The van der Waals surface area contributed by atoms with Crippen molar-refractivity contribution in [3.8, 4) is 0 Å². The van der Waals surface area contributed by atoms with Crippen molar-refractivity contribution in [1.29, 1.82) is 5.41 Å². The zero-order chi connectivity index (χ0) is 13.2. The second kappa shape index (κ2) is 5.46. The Morgan fingerprint density at radius 3 is 2.71 bits per heavy atom. The Hall–Kier alpha value is -1.14. The van der Waals surface area contributed by atoms with Crippen LogP contribution in [0, 0.1) is 11.2 Å². The highest BCUT2D eigenvalue weighted by Gasteiger charge is 2.18. The fourth-order valence-corrected chi connectivity index (χ4v) is 1.93. The van der Waals surface area contributed by atoms with Gasteiger partial charge in [0.25, 0.3) is 0 Å². The summed E-state index contributed by atoms with van der Waals surface area (Å²) in [6, 6.07) is 2.92. The van der Waals surface area contributed by atoms with Crippen LogP contribution < -0.4 is 10.6 Å². The third-order valence-corrected chi connectivity index (χ3v) is 3.43. The van der Waals surface area contributed by atoms with Gasteiger partial charge in [0.05, 0.1) is 16.8 Å². The van der Waals surface area contributed by atoms with E-state index in [0.717, 1.165) is 0 Å². The smallest absolute Gasteiger partial charge is 0.161 e. The Morgan fingerprint density at radius 1 is 1.65 bits per heavy atom. The molecule has 0 saturated carbocycles. The van der Waals surface area contributed by atoms with Crippen molar-refractivity contribution in [2.24, 2.45) is 5.73 Å². The lowest BCUT2D eigenvalue weighted by Crippen LogP contribution is -2.32. The number of aliphatic hydroxyl groups excluding tert-OH is 1. The van der Waals surface area contributed by atoms with Gasteiger partial charge >= 0.3 is 0 Å². The number of nitrogens with one attached hydrogen (secondary N) is 1. The molecular weight excluding hydrogens is 289 g/mol. The second-order valence-electron chi connectivity index (χ2n) is 3.82. The molecule has 0 spiro atoms. The molecule has 4 N–H and O–H groups in total. The molecule has 0 amide bonds. The van der Waals surface area contributed by atoms with Crippen molar-refractivity contribution in [1.82, 2.24) is 0 Å². The normalized spacial score (nSPS) is 12.3. The highest BCUT2D eigenvalue weighted by atomic mass is 79.9. The summed E-state index contributed by atoms with van der Waals surface area (Å²) < 4.78 is 14.2. The van der Waals surface area contributed by atoms with Gasteiger partial charge in [0, 0.05) is 18.7 Å². The summed E-state index contributed by atoms with van der Waals surface area (Å²) in [5, 5.41) is 16.3.